The van der Waals surface area contributed by atoms with Gasteiger partial charge in [0.1, 0.15) is 0 Å². The molecule has 0 saturated carbocycles. The van der Waals surface area contributed by atoms with E-state index in [2.05, 4.69) is 15.9 Å². The van der Waals surface area contributed by atoms with E-state index in [0.29, 0.717) is 18.2 Å². The quantitative estimate of drug-likeness (QED) is 0.307. The molecule has 0 fully saturated rings. The number of carbonyl (C=O) groups excluding carboxylic acids is 1. The minimum atomic E-state index is -4.73. The summed E-state index contributed by atoms with van der Waals surface area (Å²) in [5, 5.41) is 0. The van der Waals surface area contributed by atoms with Crippen LogP contribution < -0.4 is 0 Å². The number of rotatable bonds is 3. The van der Waals surface area contributed by atoms with Crippen LogP contribution in [-0.2, 0) is 6.18 Å². The van der Waals surface area contributed by atoms with Crippen LogP contribution in [0.25, 0.3) is 0 Å². The van der Waals surface area contributed by atoms with Gasteiger partial charge < -0.3 is 0 Å². The number of thioether (sulfide) groups is 1. The summed E-state index contributed by atoms with van der Waals surface area (Å²) in [6, 6.07) is 1.61. The van der Waals surface area contributed by atoms with Crippen LogP contribution in [0.3, 0.4) is 0 Å². The molecule has 1 atom stereocenters. The van der Waals surface area contributed by atoms with Gasteiger partial charge in [-0.1, -0.05) is 15.9 Å². The van der Waals surface area contributed by atoms with Gasteiger partial charge in [-0.05, 0) is 36.9 Å². The lowest BCUT2D eigenvalue weighted by atomic mass is 10.1. The molecular weight excluding hydrogens is 374 g/mol. The molecule has 0 N–H and O–H groups in total. The topological polar surface area (TPSA) is 17.1 Å². The van der Waals surface area contributed by atoms with Crippen molar-refractivity contribution in [3.8, 4) is 0 Å². The molecule has 0 aliphatic heterocycles. The Morgan fingerprint density at radius 2 is 1.75 bits per heavy atom. The Morgan fingerprint density at radius 3 is 2.15 bits per heavy atom. The first kappa shape index (κ1) is 17.4. The maximum atomic E-state index is 12.5. The van der Waals surface area contributed by atoms with Crippen LogP contribution in [0.5, 0.6) is 0 Å². The zero-order valence-corrected chi connectivity index (χ0v) is 12.2. The van der Waals surface area contributed by atoms with Gasteiger partial charge in [0.05, 0.1) is 10.4 Å². The Balaban J connectivity index is 3.35. The third-order valence-corrected chi connectivity index (χ3v) is 3.38. The molecule has 1 aromatic rings. The molecule has 0 spiro atoms. The number of carbonyl (C=O) groups is 1. The van der Waals surface area contributed by atoms with Crippen molar-refractivity contribution in [1.82, 2.24) is 0 Å². The van der Waals surface area contributed by atoms with E-state index in [-0.39, 0.29) is 0 Å². The smallest absolute Gasteiger partial charge is 0.293 e. The molecule has 112 valence electrons. The molecule has 0 aliphatic carbocycles. The lowest BCUT2D eigenvalue weighted by Crippen LogP contribution is -2.15. The van der Waals surface area contributed by atoms with E-state index in [9.17, 15) is 31.1 Å². The van der Waals surface area contributed by atoms with Gasteiger partial charge in [-0.25, -0.2) is 0 Å². The zero-order valence-electron chi connectivity index (χ0n) is 9.77. The van der Waals surface area contributed by atoms with Crippen LogP contribution >= 0.6 is 27.7 Å². The van der Waals surface area contributed by atoms with Gasteiger partial charge in [0.15, 0.2) is 5.78 Å². The normalized spacial score (nSPS) is 14.2. The Morgan fingerprint density at radius 1 is 1.20 bits per heavy atom. The van der Waals surface area contributed by atoms with E-state index in [1.54, 1.807) is 0 Å². The van der Waals surface area contributed by atoms with Crippen molar-refractivity contribution >= 4 is 33.5 Å². The minimum Gasteiger partial charge on any atom is -0.293 e. The second-order valence-corrected chi connectivity index (χ2v) is 6.22. The van der Waals surface area contributed by atoms with Gasteiger partial charge >= 0.3 is 11.7 Å². The average Bonchev–Trinajstić information content (AvgIpc) is 2.24. The van der Waals surface area contributed by atoms with Crippen molar-refractivity contribution < 1.29 is 31.1 Å². The minimum absolute atomic E-state index is 0.439. The molecule has 1 unspecified atom stereocenters. The van der Waals surface area contributed by atoms with Crippen molar-refractivity contribution in [2.24, 2.45) is 0 Å². The standard InChI is InChI=1S/C11H7BrF6OS/c1-5(12)9(19)7-4-6(10(13,14)15)2-3-8(7)20-11(16,17)18/h2-5H,1H3. The van der Waals surface area contributed by atoms with Gasteiger partial charge in [0.25, 0.3) is 0 Å². The van der Waals surface area contributed by atoms with Gasteiger partial charge in [0, 0.05) is 10.5 Å². The highest BCUT2D eigenvalue weighted by atomic mass is 79.9. The van der Waals surface area contributed by atoms with Crippen molar-refractivity contribution in [3.05, 3.63) is 29.3 Å². The molecule has 0 heterocycles. The summed E-state index contributed by atoms with van der Waals surface area (Å²) >= 11 is 2.23. The zero-order chi connectivity index (χ0) is 15.7. The average molecular weight is 381 g/mol. The second kappa shape index (κ2) is 5.97. The van der Waals surface area contributed by atoms with E-state index in [1.165, 1.54) is 6.92 Å². The SMILES string of the molecule is CC(Br)C(=O)c1cc(C(F)(F)F)ccc1SC(F)(F)F. The van der Waals surface area contributed by atoms with E-state index in [1.807, 2.05) is 0 Å². The molecule has 1 aromatic carbocycles. The van der Waals surface area contributed by atoms with Crippen LogP contribution in [0.4, 0.5) is 26.3 Å². The monoisotopic (exact) mass is 380 g/mol. The number of alkyl halides is 7. The van der Waals surface area contributed by atoms with Crippen molar-refractivity contribution in [2.45, 2.75) is 28.3 Å². The molecule has 0 radical (unpaired) electrons. The predicted molar refractivity (Wildman–Crippen MR) is 66.1 cm³/mol. The largest absolute Gasteiger partial charge is 0.446 e. The van der Waals surface area contributed by atoms with Gasteiger partial charge in [0.2, 0.25) is 0 Å². The Kier molecular flexibility index (Phi) is 5.18. The highest BCUT2D eigenvalue weighted by Crippen LogP contribution is 2.41. The lowest BCUT2D eigenvalue weighted by Gasteiger charge is -2.14. The van der Waals surface area contributed by atoms with E-state index in [0.717, 1.165) is 0 Å². The fourth-order valence-corrected chi connectivity index (χ4v) is 2.23. The summed E-state index contributed by atoms with van der Waals surface area (Å²) < 4.78 is 74.7. The fourth-order valence-electron chi connectivity index (χ4n) is 1.33. The van der Waals surface area contributed by atoms with Crippen LogP contribution in [-0.4, -0.2) is 16.1 Å². The summed E-state index contributed by atoms with van der Waals surface area (Å²) in [5.74, 6) is -0.845. The number of hydrogen-bond acceptors (Lipinski definition) is 2. The number of hydrogen-bond donors (Lipinski definition) is 0. The first-order valence-electron chi connectivity index (χ1n) is 5.07. The summed E-state index contributed by atoms with van der Waals surface area (Å²) in [4.78, 5) is 10.3. The maximum absolute atomic E-state index is 12.5. The number of halogens is 7. The maximum Gasteiger partial charge on any atom is 0.446 e. The molecule has 1 rings (SSSR count). The number of benzene rings is 1. The number of Topliss-reactive ketones (excluding diaryl/α,β-unsaturated/α-hetero) is 1. The first-order chi connectivity index (χ1) is 8.92. The molecule has 0 aromatic heterocycles. The van der Waals surface area contributed by atoms with Crippen LogP contribution in [0, 0.1) is 0 Å². The second-order valence-electron chi connectivity index (χ2n) is 3.74. The van der Waals surface area contributed by atoms with Crippen molar-refractivity contribution in [2.75, 3.05) is 0 Å². The van der Waals surface area contributed by atoms with Gasteiger partial charge in [-0.3, -0.25) is 4.79 Å². The van der Waals surface area contributed by atoms with E-state index >= 15 is 0 Å². The lowest BCUT2D eigenvalue weighted by molar-refractivity contribution is -0.137. The van der Waals surface area contributed by atoms with Crippen LogP contribution in [0.2, 0.25) is 0 Å². The summed E-state index contributed by atoms with van der Waals surface area (Å²) in [6.07, 6.45) is -4.73. The molecule has 0 amide bonds. The molecule has 9 heteroatoms. The van der Waals surface area contributed by atoms with Crippen molar-refractivity contribution in [3.63, 3.8) is 0 Å². The molecule has 0 aliphatic rings. The van der Waals surface area contributed by atoms with Gasteiger partial charge in [-0.15, -0.1) is 0 Å². The van der Waals surface area contributed by atoms with Crippen molar-refractivity contribution in [1.29, 1.82) is 0 Å². The molecule has 1 nitrogen and oxygen atoms in total. The van der Waals surface area contributed by atoms with E-state index in [4.69, 9.17) is 0 Å². The van der Waals surface area contributed by atoms with Crippen LogP contribution in [0.15, 0.2) is 23.1 Å². The Bertz CT molecular complexity index is 509. The third kappa shape index (κ3) is 4.69. The molecule has 0 bridgehead atoms. The molecule has 0 saturated heterocycles. The molecular formula is C11H7BrF6OS. The molecule has 20 heavy (non-hydrogen) atoms. The van der Waals surface area contributed by atoms with Gasteiger partial charge in [-0.2, -0.15) is 26.3 Å². The Hall–Kier alpha value is -0.700. The number of ketones is 1. The van der Waals surface area contributed by atoms with Crippen LogP contribution in [0.1, 0.15) is 22.8 Å². The summed E-state index contributed by atoms with van der Waals surface area (Å²) in [6.45, 7) is 1.32. The first-order valence-corrected chi connectivity index (χ1v) is 6.80. The Labute approximate surface area is 122 Å². The predicted octanol–water partition coefficient (Wildman–Crippen LogP) is 5.28. The highest BCUT2D eigenvalue weighted by Gasteiger charge is 2.35. The summed E-state index contributed by atoms with van der Waals surface area (Å²) in [5.41, 5.74) is -6.46. The van der Waals surface area contributed by atoms with E-state index < -0.39 is 50.1 Å². The fraction of sp³-hybridized carbons (Fsp3) is 0.364. The highest BCUT2D eigenvalue weighted by molar-refractivity contribution is 9.10. The summed E-state index contributed by atoms with van der Waals surface area (Å²) in [7, 11) is 0. The third-order valence-electron chi connectivity index (χ3n) is 2.16.